The minimum Gasteiger partial charge on any atom is -0.493 e. The normalized spacial score (nSPS) is 12.4. The van der Waals surface area contributed by atoms with Crippen molar-refractivity contribution >= 4 is 11.8 Å². The number of halogens is 2. The van der Waals surface area contributed by atoms with Gasteiger partial charge in [0.15, 0.2) is 18.1 Å². The molecule has 7 nitrogen and oxygen atoms in total. The van der Waals surface area contributed by atoms with Crippen LogP contribution in [0.4, 0.5) is 8.78 Å². The molecule has 3 rings (SSSR count). The highest BCUT2D eigenvalue weighted by atomic mass is 19.3. The van der Waals surface area contributed by atoms with Gasteiger partial charge in [-0.3, -0.25) is 4.79 Å². The fraction of sp³-hybridized carbons (Fsp3) is 0.300. The van der Waals surface area contributed by atoms with E-state index in [1.807, 2.05) is 0 Å². The Kier molecular flexibility index (Phi) is 6.16. The van der Waals surface area contributed by atoms with E-state index in [2.05, 4.69) is 4.74 Å². The maximum atomic E-state index is 12.6. The smallest absolute Gasteiger partial charge is 0.387 e. The Morgan fingerprint density at radius 3 is 2.59 bits per heavy atom. The highest BCUT2D eigenvalue weighted by Gasteiger charge is 2.23. The Balaban J connectivity index is 1.74. The average Bonchev–Trinajstić information content (AvgIpc) is 2.71. The number of aryl methyl sites for hydroxylation is 1. The zero-order chi connectivity index (χ0) is 21.0. The quantitative estimate of drug-likeness (QED) is 0.513. The molecule has 0 fully saturated rings. The number of rotatable bonds is 7. The second-order valence-electron chi connectivity index (χ2n) is 6.08. The van der Waals surface area contributed by atoms with Gasteiger partial charge in [0.1, 0.15) is 19.0 Å². The SMILES string of the molecule is COc1cc(C(=O)OCC(=O)c2cc(C)ccc2OC(F)F)cc2c1OCCO2. The van der Waals surface area contributed by atoms with Crippen LogP contribution in [0.1, 0.15) is 26.3 Å². The molecule has 1 aliphatic rings. The molecule has 0 saturated heterocycles. The third-order valence-electron chi connectivity index (χ3n) is 4.05. The van der Waals surface area contributed by atoms with Crippen molar-refractivity contribution in [1.82, 2.24) is 0 Å². The minimum absolute atomic E-state index is 0.0900. The van der Waals surface area contributed by atoms with Crippen molar-refractivity contribution in [3.05, 3.63) is 47.0 Å². The number of alkyl halides is 2. The predicted molar refractivity (Wildman–Crippen MR) is 96.4 cm³/mol. The Labute approximate surface area is 165 Å². The molecule has 0 saturated carbocycles. The molecule has 29 heavy (non-hydrogen) atoms. The number of methoxy groups -OCH3 is 1. The van der Waals surface area contributed by atoms with Crippen molar-refractivity contribution < 1.29 is 42.1 Å². The summed E-state index contributed by atoms with van der Waals surface area (Å²) in [4.78, 5) is 24.8. The van der Waals surface area contributed by atoms with Crippen molar-refractivity contribution in [2.24, 2.45) is 0 Å². The number of ether oxygens (including phenoxy) is 5. The van der Waals surface area contributed by atoms with Gasteiger partial charge in [0.25, 0.3) is 0 Å². The van der Waals surface area contributed by atoms with Crippen molar-refractivity contribution in [2.45, 2.75) is 13.5 Å². The molecule has 2 aromatic carbocycles. The molecular formula is C20H18F2O7. The number of ketones is 1. The summed E-state index contributed by atoms with van der Waals surface area (Å²) in [6.07, 6.45) is 0. The lowest BCUT2D eigenvalue weighted by atomic mass is 10.1. The van der Waals surface area contributed by atoms with Crippen LogP contribution in [0.2, 0.25) is 0 Å². The summed E-state index contributed by atoms with van der Waals surface area (Å²) in [6, 6.07) is 7.01. The maximum Gasteiger partial charge on any atom is 0.387 e. The molecule has 0 unspecified atom stereocenters. The second-order valence-corrected chi connectivity index (χ2v) is 6.08. The molecule has 0 aliphatic carbocycles. The summed E-state index contributed by atoms with van der Waals surface area (Å²) in [7, 11) is 1.41. The number of esters is 1. The average molecular weight is 408 g/mol. The summed E-state index contributed by atoms with van der Waals surface area (Å²) < 4.78 is 50.6. The van der Waals surface area contributed by atoms with E-state index in [1.54, 1.807) is 6.92 Å². The summed E-state index contributed by atoms with van der Waals surface area (Å²) in [6.45, 7) is -1.39. The zero-order valence-corrected chi connectivity index (χ0v) is 15.7. The first kappa shape index (κ1) is 20.4. The van der Waals surface area contributed by atoms with Crippen LogP contribution in [0.3, 0.4) is 0 Å². The molecule has 2 aromatic rings. The number of Topliss-reactive ketones (excluding diaryl/α,β-unsaturated/α-hetero) is 1. The lowest BCUT2D eigenvalue weighted by molar-refractivity contribution is -0.0502. The number of fused-ring (bicyclic) bond motifs is 1. The van der Waals surface area contributed by atoms with Crippen LogP contribution in [0.5, 0.6) is 23.0 Å². The monoisotopic (exact) mass is 408 g/mol. The molecule has 0 N–H and O–H groups in total. The van der Waals surface area contributed by atoms with E-state index in [4.69, 9.17) is 18.9 Å². The predicted octanol–water partition coefficient (Wildman–Crippen LogP) is 3.42. The fourth-order valence-corrected chi connectivity index (χ4v) is 2.74. The molecule has 154 valence electrons. The number of carbonyl (C=O) groups is 2. The van der Waals surface area contributed by atoms with Gasteiger partial charge in [0, 0.05) is 0 Å². The Morgan fingerprint density at radius 1 is 1.10 bits per heavy atom. The van der Waals surface area contributed by atoms with E-state index in [0.717, 1.165) is 0 Å². The van der Waals surface area contributed by atoms with E-state index in [9.17, 15) is 18.4 Å². The molecule has 0 spiro atoms. The highest BCUT2D eigenvalue weighted by Crippen LogP contribution is 2.40. The van der Waals surface area contributed by atoms with E-state index < -0.39 is 25.0 Å². The first-order chi connectivity index (χ1) is 13.9. The van der Waals surface area contributed by atoms with Crippen LogP contribution in [0, 0.1) is 6.92 Å². The lowest BCUT2D eigenvalue weighted by Crippen LogP contribution is -2.18. The van der Waals surface area contributed by atoms with E-state index in [0.29, 0.717) is 30.3 Å². The molecule has 0 radical (unpaired) electrons. The molecule has 1 aliphatic heterocycles. The van der Waals surface area contributed by atoms with Gasteiger partial charge >= 0.3 is 12.6 Å². The molecule has 1 heterocycles. The third kappa shape index (κ3) is 4.74. The van der Waals surface area contributed by atoms with Gasteiger partial charge in [-0.25, -0.2) is 4.79 Å². The summed E-state index contributed by atoms with van der Waals surface area (Å²) >= 11 is 0. The van der Waals surface area contributed by atoms with Gasteiger partial charge in [0.2, 0.25) is 11.5 Å². The summed E-state index contributed by atoms with van der Waals surface area (Å²) in [5.74, 6) is -0.792. The van der Waals surface area contributed by atoms with Crippen LogP contribution in [0.15, 0.2) is 30.3 Å². The van der Waals surface area contributed by atoms with Crippen molar-refractivity contribution in [2.75, 3.05) is 26.9 Å². The van der Waals surface area contributed by atoms with Crippen LogP contribution in [-0.4, -0.2) is 45.3 Å². The lowest BCUT2D eigenvalue weighted by Gasteiger charge is -2.21. The van der Waals surface area contributed by atoms with Crippen LogP contribution in [0.25, 0.3) is 0 Å². The van der Waals surface area contributed by atoms with Gasteiger partial charge in [0.05, 0.1) is 18.2 Å². The fourth-order valence-electron chi connectivity index (χ4n) is 2.74. The number of hydrogen-bond donors (Lipinski definition) is 0. The largest absolute Gasteiger partial charge is 0.493 e. The molecule has 0 atom stereocenters. The second kappa shape index (κ2) is 8.76. The van der Waals surface area contributed by atoms with Crippen molar-refractivity contribution in [3.8, 4) is 23.0 Å². The first-order valence-corrected chi connectivity index (χ1v) is 8.62. The standard InChI is InChI=1S/C20H18F2O7/c1-11-3-4-15(29-20(21)22)13(7-11)14(23)10-28-19(24)12-8-16(25-2)18-17(9-12)26-5-6-27-18/h3-4,7-9,20H,5-6,10H2,1-2H3. The first-order valence-electron chi connectivity index (χ1n) is 8.62. The highest BCUT2D eigenvalue weighted by molar-refractivity contribution is 6.01. The van der Waals surface area contributed by atoms with Crippen molar-refractivity contribution in [1.29, 1.82) is 0 Å². The van der Waals surface area contributed by atoms with Gasteiger partial charge in [-0.15, -0.1) is 0 Å². The molecule has 0 aromatic heterocycles. The summed E-state index contributed by atoms with van der Waals surface area (Å²) in [5, 5.41) is 0. The van der Waals surface area contributed by atoms with E-state index in [1.165, 1.54) is 37.4 Å². The molecular weight excluding hydrogens is 390 g/mol. The van der Waals surface area contributed by atoms with Gasteiger partial charge in [-0.05, 0) is 31.2 Å². The Morgan fingerprint density at radius 2 is 1.86 bits per heavy atom. The molecule has 0 bridgehead atoms. The van der Waals surface area contributed by atoms with Gasteiger partial charge in [-0.1, -0.05) is 11.6 Å². The minimum atomic E-state index is -3.09. The summed E-state index contributed by atoms with van der Waals surface area (Å²) in [5.41, 5.74) is 0.655. The molecule has 9 heteroatoms. The Bertz CT molecular complexity index is 910. The Hall–Kier alpha value is -3.36. The maximum absolute atomic E-state index is 12.6. The number of carbonyl (C=O) groups excluding carboxylic acids is 2. The van der Waals surface area contributed by atoms with Gasteiger partial charge < -0.3 is 23.7 Å². The topological polar surface area (TPSA) is 80.3 Å². The molecule has 0 amide bonds. The van der Waals surface area contributed by atoms with Crippen LogP contribution < -0.4 is 18.9 Å². The van der Waals surface area contributed by atoms with Gasteiger partial charge in [-0.2, -0.15) is 8.78 Å². The van der Waals surface area contributed by atoms with E-state index >= 15 is 0 Å². The van der Waals surface area contributed by atoms with Crippen LogP contribution >= 0.6 is 0 Å². The number of hydrogen-bond acceptors (Lipinski definition) is 7. The number of benzene rings is 2. The van der Waals surface area contributed by atoms with Crippen molar-refractivity contribution in [3.63, 3.8) is 0 Å². The van der Waals surface area contributed by atoms with E-state index in [-0.39, 0.29) is 22.6 Å². The zero-order valence-electron chi connectivity index (χ0n) is 15.7. The van der Waals surface area contributed by atoms with Crippen LogP contribution in [-0.2, 0) is 4.74 Å². The third-order valence-corrected chi connectivity index (χ3v) is 4.05.